The Morgan fingerprint density at radius 1 is 1.19 bits per heavy atom. The lowest BCUT2D eigenvalue weighted by Crippen LogP contribution is -2.36. The molecular weight excluding hydrogens is 446 g/mol. The highest BCUT2D eigenvalue weighted by molar-refractivity contribution is 7.19. The summed E-state index contributed by atoms with van der Waals surface area (Å²) in [6, 6.07) is 12.0. The SMILES string of the molecule is CC(=O)c1ccc(-c2ccc3nc(Cc4nnc(CC(=O)NC5(C#N)CC5)o4)sc3c2)s1. The van der Waals surface area contributed by atoms with Gasteiger partial charge in [0.2, 0.25) is 17.7 Å². The average molecular weight is 464 g/mol. The van der Waals surface area contributed by atoms with Gasteiger partial charge >= 0.3 is 0 Å². The van der Waals surface area contributed by atoms with Crippen molar-refractivity contribution in [2.45, 2.75) is 38.1 Å². The molecule has 0 aliphatic heterocycles. The maximum absolute atomic E-state index is 12.1. The Morgan fingerprint density at radius 2 is 2.00 bits per heavy atom. The first kappa shape index (κ1) is 20.5. The fourth-order valence-electron chi connectivity index (χ4n) is 3.28. The van der Waals surface area contributed by atoms with Crippen molar-refractivity contribution in [3.8, 4) is 16.5 Å². The number of ketones is 1. The number of hydrogen-bond acceptors (Lipinski definition) is 9. The first-order valence-electron chi connectivity index (χ1n) is 9.97. The number of amides is 1. The quantitative estimate of drug-likeness (QED) is 0.412. The molecular formula is C22H17N5O3S2. The number of nitrogens with one attached hydrogen (secondary N) is 1. The zero-order valence-electron chi connectivity index (χ0n) is 17.0. The molecule has 0 unspecified atom stereocenters. The van der Waals surface area contributed by atoms with Gasteiger partial charge in [0, 0.05) is 4.88 Å². The molecule has 1 N–H and O–H groups in total. The Hall–Kier alpha value is -3.42. The summed E-state index contributed by atoms with van der Waals surface area (Å²) in [5.41, 5.74) is 1.21. The van der Waals surface area contributed by atoms with E-state index in [1.165, 1.54) is 22.7 Å². The lowest BCUT2D eigenvalue weighted by molar-refractivity contribution is -0.121. The lowest BCUT2D eigenvalue weighted by atomic mass is 10.2. The van der Waals surface area contributed by atoms with Crippen molar-refractivity contribution in [3.63, 3.8) is 0 Å². The van der Waals surface area contributed by atoms with Crippen LogP contribution in [0.15, 0.2) is 34.7 Å². The summed E-state index contributed by atoms with van der Waals surface area (Å²) in [4.78, 5) is 30.1. The highest BCUT2D eigenvalue weighted by Crippen LogP contribution is 2.34. The first-order valence-corrected chi connectivity index (χ1v) is 11.6. The van der Waals surface area contributed by atoms with E-state index in [9.17, 15) is 9.59 Å². The molecule has 1 aromatic carbocycles. The second kappa shape index (κ2) is 7.93. The number of rotatable bonds is 7. The molecule has 160 valence electrons. The molecule has 32 heavy (non-hydrogen) atoms. The van der Waals surface area contributed by atoms with Crippen LogP contribution in [0.2, 0.25) is 0 Å². The molecule has 8 nitrogen and oxygen atoms in total. The minimum Gasteiger partial charge on any atom is -0.424 e. The number of aromatic nitrogens is 3. The molecule has 1 saturated carbocycles. The monoisotopic (exact) mass is 463 g/mol. The summed E-state index contributed by atoms with van der Waals surface area (Å²) in [7, 11) is 0. The third-order valence-corrected chi connectivity index (χ3v) is 7.39. The minimum atomic E-state index is -0.712. The van der Waals surface area contributed by atoms with Crippen LogP contribution < -0.4 is 5.32 Å². The van der Waals surface area contributed by atoms with E-state index in [2.05, 4.69) is 32.6 Å². The van der Waals surface area contributed by atoms with Crippen molar-refractivity contribution in [3.05, 3.63) is 52.0 Å². The molecule has 0 saturated heterocycles. The molecule has 1 amide bonds. The van der Waals surface area contributed by atoms with Crippen molar-refractivity contribution < 1.29 is 14.0 Å². The maximum Gasteiger partial charge on any atom is 0.230 e. The van der Waals surface area contributed by atoms with E-state index >= 15 is 0 Å². The molecule has 10 heteroatoms. The summed E-state index contributed by atoms with van der Waals surface area (Å²) in [6.45, 7) is 1.57. The largest absolute Gasteiger partial charge is 0.424 e. The minimum absolute atomic E-state index is 0.0529. The molecule has 1 aliphatic rings. The van der Waals surface area contributed by atoms with Crippen molar-refractivity contribution in [1.29, 1.82) is 5.26 Å². The summed E-state index contributed by atoms with van der Waals surface area (Å²) in [5.74, 6) is 0.371. The van der Waals surface area contributed by atoms with Gasteiger partial charge in [-0.05, 0) is 49.6 Å². The molecule has 0 atom stereocenters. The summed E-state index contributed by atoms with van der Waals surface area (Å²) in [5, 5.41) is 20.6. The number of hydrogen-bond donors (Lipinski definition) is 1. The number of benzene rings is 1. The van der Waals surface area contributed by atoms with Gasteiger partial charge in [0.15, 0.2) is 5.78 Å². The molecule has 1 fully saturated rings. The van der Waals surface area contributed by atoms with Crippen LogP contribution in [0.3, 0.4) is 0 Å². The Morgan fingerprint density at radius 3 is 2.72 bits per heavy atom. The van der Waals surface area contributed by atoms with Crippen LogP contribution in [0.4, 0.5) is 0 Å². The third kappa shape index (κ3) is 4.17. The number of thiazole rings is 1. The Kier molecular flexibility index (Phi) is 5.07. The highest BCUT2D eigenvalue weighted by atomic mass is 32.1. The van der Waals surface area contributed by atoms with Crippen molar-refractivity contribution in [1.82, 2.24) is 20.5 Å². The van der Waals surface area contributed by atoms with Crippen LogP contribution in [-0.4, -0.2) is 32.4 Å². The van der Waals surface area contributed by atoms with E-state index in [4.69, 9.17) is 9.68 Å². The highest BCUT2D eigenvalue weighted by Gasteiger charge is 2.44. The number of fused-ring (bicyclic) bond motifs is 1. The summed E-state index contributed by atoms with van der Waals surface area (Å²) < 4.78 is 6.64. The van der Waals surface area contributed by atoms with Gasteiger partial charge in [0.25, 0.3) is 0 Å². The van der Waals surface area contributed by atoms with Crippen LogP contribution in [0, 0.1) is 11.3 Å². The van der Waals surface area contributed by atoms with Crippen LogP contribution in [-0.2, 0) is 17.6 Å². The van der Waals surface area contributed by atoms with Crippen molar-refractivity contribution >= 4 is 44.6 Å². The molecule has 3 aromatic heterocycles. The van der Waals surface area contributed by atoms with Gasteiger partial charge in [-0.3, -0.25) is 9.59 Å². The van der Waals surface area contributed by atoms with E-state index in [0.717, 1.165) is 30.5 Å². The Bertz CT molecular complexity index is 1390. The van der Waals surface area contributed by atoms with E-state index < -0.39 is 5.54 Å². The fourth-order valence-corrected chi connectivity index (χ4v) is 5.18. The second-order valence-corrected chi connectivity index (χ2v) is 9.89. The first-order chi connectivity index (χ1) is 15.4. The zero-order valence-corrected chi connectivity index (χ0v) is 18.7. The van der Waals surface area contributed by atoms with Gasteiger partial charge in [0.1, 0.15) is 17.0 Å². The van der Waals surface area contributed by atoms with Crippen LogP contribution in [0.1, 0.15) is 46.2 Å². The van der Waals surface area contributed by atoms with Gasteiger partial charge in [-0.25, -0.2) is 4.98 Å². The van der Waals surface area contributed by atoms with Gasteiger partial charge in [0.05, 0.1) is 27.6 Å². The summed E-state index contributed by atoms with van der Waals surface area (Å²) >= 11 is 3.02. The van der Waals surface area contributed by atoms with Gasteiger partial charge in [-0.2, -0.15) is 5.26 Å². The molecule has 4 aromatic rings. The van der Waals surface area contributed by atoms with Crippen LogP contribution >= 0.6 is 22.7 Å². The number of carbonyl (C=O) groups excluding carboxylic acids is 2. The summed E-state index contributed by atoms with van der Waals surface area (Å²) in [6.07, 6.45) is 1.67. The predicted molar refractivity (Wildman–Crippen MR) is 119 cm³/mol. The standard InChI is InChI=1S/C22H17N5O3S2/c1-12(28)15-4-5-16(31-15)13-2-3-14-17(8-13)32-21(24-14)10-20-27-26-19(30-20)9-18(29)25-22(11-23)6-7-22/h2-5,8H,6-7,9-10H2,1H3,(H,25,29). The van der Waals surface area contributed by atoms with E-state index in [0.29, 0.717) is 25.2 Å². The molecule has 0 bridgehead atoms. The third-order valence-electron chi connectivity index (χ3n) is 5.14. The Balaban J connectivity index is 1.28. The van der Waals surface area contributed by atoms with E-state index in [-0.39, 0.29) is 24.0 Å². The van der Waals surface area contributed by atoms with Gasteiger partial charge in [-0.15, -0.1) is 32.9 Å². The topological polar surface area (TPSA) is 122 Å². The lowest BCUT2D eigenvalue weighted by Gasteiger charge is -2.06. The molecule has 1 aliphatic carbocycles. The number of nitrogens with zero attached hydrogens (tertiary/aromatic N) is 4. The number of Topliss-reactive ketones (excluding diaryl/α,β-unsaturated/α-hetero) is 1. The second-order valence-electron chi connectivity index (χ2n) is 7.70. The number of thiophene rings is 1. The smallest absolute Gasteiger partial charge is 0.230 e. The van der Waals surface area contributed by atoms with Crippen LogP contribution in [0.5, 0.6) is 0 Å². The molecule has 5 rings (SSSR count). The van der Waals surface area contributed by atoms with Gasteiger partial charge in [-0.1, -0.05) is 6.07 Å². The Labute approximate surface area is 190 Å². The van der Waals surface area contributed by atoms with E-state index in [1.54, 1.807) is 6.92 Å². The fraction of sp³-hybridized carbons (Fsp3) is 0.273. The zero-order chi connectivity index (χ0) is 22.3. The maximum atomic E-state index is 12.1. The molecule has 3 heterocycles. The average Bonchev–Trinajstić information content (AvgIpc) is 3.15. The van der Waals surface area contributed by atoms with Crippen LogP contribution in [0.25, 0.3) is 20.7 Å². The number of nitriles is 1. The molecule has 0 radical (unpaired) electrons. The van der Waals surface area contributed by atoms with E-state index in [1.807, 2.05) is 24.3 Å². The van der Waals surface area contributed by atoms with Gasteiger partial charge < -0.3 is 9.73 Å². The number of carbonyl (C=O) groups is 2. The van der Waals surface area contributed by atoms with Crippen molar-refractivity contribution in [2.24, 2.45) is 0 Å². The molecule has 0 spiro atoms. The predicted octanol–water partition coefficient (Wildman–Crippen LogP) is 3.92. The van der Waals surface area contributed by atoms with Crippen molar-refractivity contribution in [2.75, 3.05) is 0 Å². The normalized spacial score (nSPS) is 14.2.